The highest BCUT2D eigenvalue weighted by Gasteiger charge is 3.03. The second kappa shape index (κ2) is 12.7. The Balaban J connectivity index is 8.48. The van der Waals surface area contributed by atoms with Crippen LogP contribution in [-0.4, -0.2) is 101 Å². The van der Waals surface area contributed by atoms with E-state index in [9.17, 15) is 145 Å². The van der Waals surface area contributed by atoms with Gasteiger partial charge < -0.3 is 4.74 Å². The number of halogens is 33. The minimum absolute atomic E-state index is 0.420. The zero-order valence-electron chi connectivity index (χ0n) is 24.0. The fraction of sp³-hybridized carbons (Fsp3) is 0.850. The average Bonchev–Trinajstić information content (AvgIpc) is 2.93. The van der Waals surface area contributed by atoms with Crippen molar-refractivity contribution in [1.29, 1.82) is 0 Å². The first kappa shape index (κ1) is 51.9. The Kier molecular flexibility index (Phi) is 12.0. The summed E-state index contributed by atoms with van der Waals surface area (Å²) in [4.78, 5) is 11.4. The van der Waals surface area contributed by atoms with Crippen LogP contribution in [0.5, 0.6) is 0 Å². The summed E-state index contributed by atoms with van der Waals surface area (Å²) in [5.74, 6) is -122. The highest BCUT2D eigenvalue weighted by atomic mass is 19.4. The maximum absolute atomic E-state index is 15.2. The van der Waals surface area contributed by atoms with Crippen molar-refractivity contribution in [3.05, 3.63) is 12.2 Å². The zero-order valence-corrected chi connectivity index (χ0v) is 24.0. The minimum atomic E-state index is -10.2. The SMILES string of the molecule is C=C(C)C(=O)OC(F)(C(F)(F)C(F)(F)C(F)(F)C(F)(F)C(F)(F)C(F)(F)C(F)(F)F)C(F)(F)C(F)(F)C(F)(F)C(F)(F)C(F)(F)C(F)(C(F)(F)F)C(F)(F)F. The molecule has 0 saturated heterocycles. The molecule has 0 aliphatic carbocycles. The third kappa shape index (κ3) is 6.13. The van der Waals surface area contributed by atoms with Gasteiger partial charge >= 0.3 is 101 Å². The van der Waals surface area contributed by atoms with Gasteiger partial charge in [0, 0.05) is 5.57 Å². The summed E-state index contributed by atoms with van der Waals surface area (Å²) in [6.45, 7) is 1.49. The molecule has 0 spiro atoms. The van der Waals surface area contributed by atoms with Crippen molar-refractivity contribution in [1.82, 2.24) is 0 Å². The Morgan fingerprint density at radius 3 is 0.727 bits per heavy atom. The van der Waals surface area contributed by atoms with Gasteiger partial charge in [-0.2, -0.15) is 140 Å². The molecule has 0 radical (unpaired) electrons. The monoisotopic (exact) mass is 904 g/mol. The first-order valence-corrected chi connectivity index (χ1v) is 11.7. The van der Waals surface area contributed by atoms with E-state index in [-0.39, 0.29) is 0 Å². The van der Waals surface area contributed by atoms with Gasteiger partial charge in [-0.3, -0.25) is 0 Å². The predicted octanol–water partition coefficient (Wildman–Crippen LogP) is 11.2. The highest BCUT2D eigenvalue weighted by molar-refractivity contribution is 5.87. The van der Waals surface area contributed by atoms with Crippen LogP contribution in [-0.2, 0) is 9.53 Å². The molecule has 2 nitrogen and oxygen atoms in total. The van der Waals surface area contributed by atoms with Crippen molar-refractivity contribution in [2.75, 3.05) is 0 Å². The predicted molar refractivity (Wildman–Crippen MR) is 101 cm³/mol. The third-order valence-electron chi connectivity index (χ3n) is 6.51. The fourth-order valence-electron chi connectivity index (χ4n) is 3.24. The van der Waals surface area contributed by atoms with Gasteiger partial charge in [0.15, 0.2) is 0 Å². The van der Waals surface area contributed by atoms with Gasteiger partial charge in [-0.25, -0.2) is 9.18 Å². The normalized spacial score (nSPS) is 17.6. The molecule has 0 bridgehead atoms. The molecule has 0 aromatic rings. The number of carbonyl (C=O) groups is 1. The summed E-state index contributed by atoms with van der Waals surface area (Å²) >= 11 is 0. The lowest BCUT2D eigenvalue weighted by molar-refractivity contribution is -0.501. The molecule has 0 aromatic heterocycles. The van der Waals surface area contributed by atoms with E-state index in [1.54, 1.807) is 4.74 Å². The van der Waals surface area contributed by atoms with Crippen LogP contribution < -0.4 is 0 Å². The van der Waals surface area contributed by atoms with Gasteiger partial charge in [0.05, 0.1) is 0 Å². The number of ether oxygens (including phenoxy) is 1. The average molecular weight is 904 g/mol. The van der Waals surface area contributed by atoms with Gasteiger partial charge in [0.2, 0.25) is 0 Å². The van der Waals surface area contributed by atoms with E-state index < -0.39 is 114 Å². The number of hydrogen-bond acceptors (Lipinski definition) is 2. The van der Waals surface area contributed by atoms with E-state index in [0.29, 0.717) is 0 Å². The smallest absolute Gasteiger partial charge is 0.413 e. The number of carbonyl (C=O) groups excluding carboxylic acids is 1. The number of hydrogen-bond donors (Lipinski definition) is 0. The van der Waals surface area contributed by atoms with Crippen LogP contribution in [0.25, 0.3) is 0 Å². The van der Waals surface area contributed by atoms with Crippen molar-refractivity contribution in [2.24, 2.45) is 0 Å². The van der Waals surface area contributed by atoms with Gasteiger partial charge in [0.1, 0.15) is 0 Å². The van der Waals surface area contributed by atoms with E-state index in [2.05, 4.69) is 0 Å². The van der Waals surface area contributed by atoms with Crippen LogP contribution in [0.15, 0.2) is 12.2 Å². The second-order valence-corrected chi connectivity index (χ2v) is 10.2. The number of esters is 1. The first-order valence-electron chi connectivity index (χ1n) is 11.7. The Hall–Kier alpha value is -3.10. The maximum Gasteiger partial charge on any atom is 0.460 e. The second-order valence-electron chi connectivity index (χ2n) is 10.2. The van der Waals surface area contributed by atoms with E-state index in [1.165, 1.54) is 0 Å². The lowest BCUT2D eigenvalue weighted by Crippen LogP contribution is -2.81. The van der Waals surface area contributed by atoms with Crippen LogP contribution in [0.4, 0.5) is 145 Å². The van der Waals surface area contributed by atoms with Gasteiger partial charge in [0.25, 0.3) is 0 Å². The van der Waals surface area contributed by atoms with Crippen LogP contribution in [0.2, 0.25) is 0 Å². The molecule has 35 heteroatoms. The molecule has 1 atom stereocenters. The topological polar surface area (TPSA) is 26.3 Å². The maximum atomic E-state index is 15.2. The van der Waals surface area contributed by atoms with Crippen LogP contribution in [0, 0.1) is 0 Å². The van der Waals surface area contributed by atoms with Crippen LogP contribution in [0.3, 0.4) is 0 Å². The molecular formula is C20H5F33O2. The molecule has 0 saturated carbocycles. The van der Waals surface area contributed by atoms with Crippen molar-refractivity contribution in [3.63, 3.8) is 0 Å². The lowest BCUT2D eigenvalue weighted by Gasteiger charge is -2.48. The molecule has 0 aromatic carbocycles. The Bertz CT molecular complexity index is 1440. The molecule has 0 aliphatic rings. The molecule has 328 valence electrons. The summed E-state index contributed by atoms with van der Waals surface area (Å²) in [5.41, 5.74) is -11.8. The Morgan fingerprint density at radius 1 is 0.327 bits per heavy atom. The van der Waals surface area contributed by atoms with E-state index in [4.69, 9.17) is 0 Å². The highest BCUT2D eigenvalue weighted by Crippen LogP contribution is 2.70. The minimum Gasteiger partial charge on any atom is -0.413 e. The molecule has 0 heterocycles. The Labute approximate surface area is 276 Å². The van der Waals surface area contributed by atoms with Gasteiger partial charge in [-0.1, -0.05) is 6.58 Å². The standard InChI is InChI=1S/C20H5F33O2/c1-3(2)4(54)55-17(44,15(40,41)12(34,35)9(28,29)10(30,31)13(36,37)16(42,43)20(51,52)53)14(38,39)11(32,33)8(26,27)7(24,25)6(22,23)5(21,18(45,46)47)19(48,49)50/h1H2,2H3. The van der Waals surface area contributed by atoms with Crippen LogP contribution >= 0.6 is 0 Å². The zero-order chi connectivity index (χ0) is 45.9. The van der Waals surface area contributed by atoms with Crippen molar-refractivity contribution in [2.45, 2.75) is 102 Å². The van der Waals surface area contributed by atoms with Gasteiger partial charge in [-0.15, -0.1) is 0 Å². The number of rotatable bonds is 14. The van der Waals surface area contributed by atoms with E-state index in [1.807, 2.05) is 6.58 Å². The first-order chi connectivity index (χ1) is 23.1. The van der Waals surface area contributed by atoms with E-state index >= 15 is 4.39 Å². The number of alkyl halides is 33. The molecule has 1 unspecified atom stereocenters. The summed E-state index contributed by atoms with van der Waals surface area (Å²) in [6.07, 6.45) is -26.2. The third-order valence-corrected chi connectivity index (χ3v) is 6.51. The lowest BCUT2D eigenvalue weighted by atomic mass is 9.80. The summed E-state index contributed by atoms with van der Waals surface area (Å²) in [5, 5.41) is 0. The molecule has 0 aliphatic heterocycles. The Morgan fingerprint density at radius 2 is 0.527 bits per heavy atom. The van der Waals surface area contributed by atoms with Gasteiger partial charge in [-0.05, 0) is 6.92 Å². The van der Waals surface area contributed by atoms with Crippen LogP contribution in [0.1, 0.15) is 6.92 Å². The molecule has 0 rings (SSSR count). The summed E-state index contributed by atoms with van der Waals surface area (Å²) in [7, 11) is 0. The van der Waals surface area contributed by atoms with Crippen molar-refractivity contribution < 1.29 is 154 Å². The fourth-order valence-corrected chi connectivity index (χ4v) is 3.24. The largest absolute Gasteiger partial charge is 0.460 e. The quantitative estimate of drug-likeness (QED) is 0.0986. The molecule has 55 heavy (non-hydrogen) atoms. The molecule has 0 fully saturated rings. The summed E-state index contributed by atoms with van der Waals surface area (Å²) in [6, 6.07) is 0. The van der Waals surface area contributed by atoms with Crippen molar-refractivity contribution >= 4 is 5.97 Å². The van der Waals surface area contributed by atoms with E-state index in [0.717, 1.165) is 0 Å². The van der Waals surface area contributed by atoms with Crippen molar-refractivity contribution in [3.8, 4) is 0 Å². The molecular weight excluding hydrogens is 899 g/mol. The molecule has 0 N–H and O–H groups in total. The summed E-state index contributed by atoms with van der Waals surface area (Å²) < 4.78 is 450. The molecule has 0 amide bonds.